The van der Waals surface area contributed by atoms with E-state index < -0.39 is 30.7 Å². The highest BCUT2D eigenvalue weighted by Gasteiger charge is 2.42. The Morgan fingerprint density at radius 2 is 1.26 bits per heavy atom. The maximum absolute atomic E-state index is 9.83. The summed E-state index contributed by atoms with van der Waals surface area (Å²) in [5, 5.41) is 29.1. The number of unbranched alkanes of at least 4 members (excludes halogenated alkanes) is 9. The Bertz CT molecular complexity index is 287. The maximum atomic E-state index is 9.83. The Hall–Kier alpha value is -0.200. The van der Waals surface area contributed by atoms with Crippen molar-refractivity contribution < 1.29 is 24.8 Å². The van der Waals surface area contributed by atoms with Crippen LogP contribution in [0.4, 0.5) is 0 Å². The molecule has 1 aliphatic rings. The minimum atomic E-state index is -1.21. The predicted octanol–water partition coefficient (Wildman–Crippen LogP) is 2.75. The molecule has 0 bridgehead atoms. The standard InChI is InChI=1S/C18H36O5/c1-3-4-5-6-7-8-9-10-11-12-13-22-18-17(21)16(20)15(19)14(2)23-18/h14-21H,3-13H2,1-2H3/t14-,15-,16+,17+,18+/m1/s1. The number of aliphatic hydroxyl groups excluding tert-OH is 3. The highest BCUT2D eigenvalue weighted by Crippen LogP contribution is 2.22. The molecule has 5 heteroatoms. The first-order valence-electron chi connectivity index (χ1n) is 9.39. The van der Waals surface area contributed by atoms with E-state index in [1.807, 2.05) is 0 Å². The Morgan fingerprint density at radius 1 is 0.739 bits per heavy atom. The smallest absolute Gasteiger partial charge is 0.186 e. The number of ether oxygens (including phenoxy) is 2. The van der Waals surface area contributed by atoms with E-state index >= 15 is 0 Å². The van der Waals surface area contributed by atoms with E-state index in [1.165, 1.54) is 51.4 Å². The summed E-state index contributed by atoms with van der Waals surface area (Å²) in [4.78, 5) is 0. The SMILES string of the molecule is CCCCCCCCCCCCO[C@H]1O[C@H](C)[C@@H](O)[C@H](O)[C@@H]1O. The third-order valence-corrected chi connectivity index (χ3v) is 4.59. The van der Waals surface area contributed by atoms with Gasteiger partial charge in [-0.3, -0.25) is 0 Å². The van der Waals surface area contributed by atoms with Gasteiger partial charge in [0, 0.05) is 6.61 Å². The number of hydrogen-bond acceptors (Lipinski definition) is 5. The van der Waals surface area contributed by atoms with Crippen molar-refractivity contribution in [3.8, 4) is 0 Å². The molecule has 0 aliphatic carbocycles. The van der Waals surface area contributed by atoms with Gasteiger partial charge >= 0.3 is 0 Å². The van der Waals surface area contributed by atoms with Gasteiger partial charge in [0.1, 0.15) is 18.3 Å². The van der Waals surface area contributed by atoms with Crippen LogP contribution in [0.5, 0.6) is 0 Å². The molecule has 3 N–H and O–H groups in total. The minimum absolute atomic E-state index is 0.508. The van der Waals surface area contributed by atoms with Crippen LogP contribution in [0.1, 0.15) is 78.1 Å². The van der Waals surface area contributed by atoms with Crippen molar-refractivity contribution in [2.45, 2.75) is 109 Å². The summed E-state index contributed by atoms with van der Waals surface area (Å²) < 4.78 is 10.9. The topological polar surface area (TPSA) is 79.2 Å². The number of aliphatic hydroxyl groups is 3. The molecule has 138 valence electrons. The minimum Gasteiger partial charge on any atom is -0.388 e. The number of hydrogen-bond donors (Lipinski definition) is 3. The van der Waals surface area contributed by atoms with Crippen molar-refractivity contribution in [1.82, 2.24) is 0 Å². The molecule has 5 nitrogen and oxygen atoms in total. The molecule has 1 saturated heterocycles. The Labute approximate surface area is 141 Å². The van der Waals surface area contributed by atoms with Crippen LogP contribution in [0.3, 0.4) is 0 Å². The first-order chi connectivity index (χ1) is 11.1. The van der Waals surface area contributed by atoms with Crippen LogP contribution in [0.15, 0.2) is 0 Å². The lowest BCUT2D eigenvalue weighted by molar-refractivity contribution is -0.293. The average molecular weight is 332 g/mol. The summed E-state index contributed by atoms with van der Waals surface area (Å²) in [6, 6.07) is 0. The van der Waals surface area contributed by atoms with Crippen LogP contribution in [0.2, 0.25) is 0 Å². The lowest BCUT2D eigenvalue weighted by atomic mass is 10.00. The Kier molecular flexibility index (Phi) is 11.1. The molecule has 0 spiro atoms. The molecule has 0 aromatic carbocycles. The molecule has 0 amide bonds. The molecular formula is C18H36O5. The largest absolute Gasteiger partial charge is 0.388 e. The van der Waals surface area contributed by atoms with Gasteiger partial charge in [-0.1, -0.05) is 64.7 Å². The zero-order valence-electron chi connectivity index (χ0n) is 14.8. The summed E-state index contributed by atoms with van der Waals surface area (Å²) in [7, 11) is 0. The fourth-order valence-electron chi connectivity index (χ4n) is 2.94. The normalized spacial score (nSPS) is 31.4. The highest BCUT2D eigenvalue weighted by molar-refractivity contribution is 4.87. The molecule has 0 radical (unpaired) electrons. The summed E-state index contributed by atoms with van der Waals surface area (Å²) in [6.07, 6.45) is 7.72. The van der Waals surface area contributed by atoms with Crippen molar-refractivity contribution >= 4 is 0 Å². The van der Waals surface area contributed by atoms with Gasteiger partial charge in [0.05, 0.1) is 6.10 Å². The summed E-state index contributed by atoms with van der Waals surface area (Å²) in [5.41, 5.74) is 0. The number of rotatable bonds is 12. The van der Waals surface area contributed by atoms with Crippen molar-refractivity contribution in [2.24, 2.45) is 0 Å². The third-order valence-electron chi connectivity index (χ3n) is 4.59. The molecular weight excluding hydrogens is 296 g/mol. The van der Waals surface area contributed by atoms with Crippen molar-refractivity contribution in [1.29, 1.82) is 0 Å². The zero-order valence-corrected chi connectivity index (χ0v) is 14.8. The molecule has 1 fully saturated rings. The second-order valence-electron chi connectivity index (χ2n) is 6.73. The van der Waals surface area contributed by atoms with E-state index in [0.29, 0.717) is 6.61 Å². The first-order valence-corrected chi connectivity index (χ1v) is 9.39. The lowest BCUT2D eigenvalue weighted by Gasteiger charge is -2.38. The molecule has 1 heterocycles. The fraction of sp³-hybridized carbons (Fsp3) is 1.00. The van der Waals surface area contributed by atoms with E-state index in [-0.39, 0.29) is 0 Å². The first kappa shape index (κ1) is 20.8. The molecule has 5 atom stereocenters. The molecule has 1 aliphatic heterocycles. The summed E-state index contributed by atoms with van der Waals surface area (Å²) in [5.74, 6) is 0. The van der Waals surface area contributed by atoms with Gasteiger partial charge in [-0.15, -0.1) is 0 Å². The van der Waals surface area contributed by atoms with Gasteiger partial charge < -0.3 is 24.8 Å². The highest BCUT2D eigenvalue weighted by atomic mass is 16.7. The van der Waals surface area contributed by atoms with Gasteiger partial charge in [-0.25, -0.2) is 0 Å². The van der Waals surface area contributed by atoms with Crippen molar-refractivity contribution in [3.05, 3.63) is 0 Å². The monoisotopic (exact) mass is 332 g/mol. The molecule has 0 saturated carbocycles. The lowest BCUT2D eigenvalue weighted by Crippen LogP contribution is -2.57. The predicted molar refractivity (Wildman–Crippen MR) is 90.2 cm³/mol. The van der Waals surface area contributed by atoms with Gasteiger partial charge in [0.2, 0.25) is 0 Å². The van der Waals surface area contributed by atoms with E-state index in [0.717, 1.165) is 12.8 Å². The molecule has 0 aromatic heterocycles. The van der Waals surface area contributed by atoms with Gasteiger partial charge in [0.15, 0.2) is 6.29 Å². The van der Waals surface area contributed by atoms with Crippen LogP contribution >= 0.6 is 0 Å². The fourth-order valence-corrected chi connectivity index (χ4v) is 2.94. The van der Waals surface area contributed by atoms with E-state index in [2.05, 4.69) is 6.92 Å². The van der Waals surface area contributed by atoms with E-state index in [4.69, 9.17) is 9.47 Å². The Morgan fingerprint density at radius 3 is 1.83 bits per heavy atom. The summed E-state index contributed by atoms with van der Waals surface area (Å²) >= 11 is 0. The second kappa shape index (κ2) is 12.2. The molecule has 0 aromatic rings. The van der Waals surface area contributed by atoms with Gasteiger partial charge in [0.25, 0.3) is 0 Å². The van der Waals surface area contributed by atoms with E-state index in [9.17, 15) is 15.3 Å². The van der Waals surface area contributed by atoms with Crippen molar-refractivity contribution in [3.63, 3.8) is 0 Å². The molecule has 23 heavy (non-hydrogen) atoms. The van der Waals surface area contributed by atoms with Crippen molar-refractivity contribution in [2.75, 3.05) is 6.61 Å². The second-order valence-corrected chi connectivity index (χ2v) is 6.73. The quantitative estimate of drug-likeness (QED) is 0.479. The van der Waals surface area contributed by atoms with Gasteiger partial charge in [-0.2, -0.15) is 0 Å². The average Bonchev–Trinajstić information content (AvgIpc) is 2.55. The van der Waals surface area contributed by atoms with Crippen LogP contribution < -0.4 is 0 Å². The van der Waals surface area contributed by atoms with Gasteiger partial charge in [-0.05, 0) is 13.3 Å². The van der Waals surface area contributed by atoms with Crippen LogP contribution in [0.25, 0.3) is 0 Å². The maximum Gasteiger partial charge on any atom is 0.186 e. The molecule has 0 unspecified atom stereocenters. The summed E-state index contributed by atoms with van der Waals surface area (Å²) in [6.45, 7) is 4.41. The molecule has 1 rings (SSSR count). The van der Waals surface area contributed by atoms with Crippen LogP contribution in [0, 0.1) is 0 Å². The van der Waals surface area contributed by atoms with Crippen LogP contribution in [-0.4, -0.2) is 52.6 Å². The third kappa shape index (κ3) is 7.94. The van der Waals surface area contributed by atoms with E-state index in [1.54, 1.807) is 6.92 Å². The Balaban J connectivity index is 1.96. The zero-order chi connectivity index (χ0) is 17.1. The van der Waals surface area contributed by atoms with Crippen LogP contribution in [-0.2, 0) is 9.47 Å².